The maximum atomic E-state index is 12.8. The Morgan fingerprint density at radius 2 is 1.69 bits per heavy atom. The zero-order valence-electron chi connectivity index (χ0n) is 17.5. The summed E-state index contributed by atoms with van der Waals surface area (Å²) in [7, 11) is 9.04. The summed E-state index contributed by atoms with van der Waals surface area (Å²) in [5.74, 6) is 1.83. The van der Waals surface area contributed by atoms with Gasteiger partial charge in [-0.1, -0.05) is 0 Å². The van der Waals surface area contributed by atoms with Crippen molar-refractivity contribution in [3.05, 3.63) is 48.2 Å². The van der Waals surface area contributed by atoms with Gasteiger partial charge in [-0.3, -0.25) is 4.79 Å². The lowest BCUT2D eigenvalue weighted by atomic mass is 10.2. The number of nitrogens with one attached hydrogen (secondary N) is 1. The lowest BCUT2D eigenvalue weighted by molar-refractivity contribution is 0.101. The number of amides is 1. The van der Waals surface area contributed by atoms with Gasteiger partial charge in [0.25, 0.3) is 5.91 Å². The van der Waals surface area contributed by atoms with Gasteiger partial charge in [0.1, 0.15) is 18.1 Å². The molecule has 1 amide bonds. The van der Waals surface area contributed by atoms with Crippen molar-refractivity contribution in [1.29, 1.82) is 0 Å². The highest BCUT2D eigenvalue weighted by Gasteiger charge is 2.16. The van der Waals surface area contributed by atoms with E-state index in [1.54, 1.807) is 14.2 Å². The molecule has 0 aliphatic rings. The second kappa shape index (κ2) is 8.87. The van der Waals surface area contributed by atoms with Crippen LogP contribution in [0, 0.1) is 0 Å². The molecular formula is C22H27N3O4. The molecule has 0 bridgehead atoms. The number of fused-ring (bicyclic) bond motifs is 1. The van der Waals surface area contributed by atoms with E-state index in [1.165, 1.54) is 0 Å². The Labute approximate surface area is 170 Å². The first-order chi connectivity index (χ1) is 13.9. The first kappa shape index (κ1) is 20.5. The highest BCUT2D eigenvalue weighted by Crippen LogP contribution is 2.33. The topological polar surface area (TPSA) is 65.0 Å². The third-order valence-electron chi connectivity index (χ3n) is 4.70. The lowest BCUT2D eigenvalue weighted by Gasteiger charge is -2.11. The summed E-state index contributed by atoms with van der Waals surface area (Å²) in [5.41, 5.74) is 2.13. The average Bonchev–Trinajstić information content (AvgIpc) is 3.03. The van der Waals surface area contributed by atoms with Crippen molar-refractivity contribution in [3.63, 3.8) is 0 Å². The first-order valence-corrected chi connectivity index (χ1v) is 9.33. The van der Waals surface area contributed by atoms with Crippen molar-refractivity contribution >= 4 is 22.5 Å². The maximum Gasteiger partial charge on any atom is 0.272 e. The minimum Gasteiger partial charge on any atom is -0.493 e. The standard InChI is InChI=1S/C22H27N3O4/c1-24(2)10-11-29-17-8-6-16(7-9-17)23-22(26)19-12-15-13-20(27-4)21(28-5)14-18(15)25(19)3/h6-9,12-14H,10-11H2,1-5H3,(H,23,26). The van der Waals surface area contributed by atoms with Crippen molar-refractivity contribution in [1.82, 2.24) is 9.47 Å². The fourth-order valence-electron chi connectivity index (χ4n) is 3.06. The second-order valence-electron chi connectivity index (χ2n) is 6.98. The number of hydrogen-bond acceptors (Lipinski definition) is 5. The Balaban J connectivity index is 1.75. The molecular weight excluding hydrogens is 370 g/mol. The van der Waals surface area contributed by atoms with Gasteiger partial charge >= 0.3 is 0 Å². The van der Waals surface area contributed by atoms with Crippen LogP contribution in [0.15, 0.2) is 42.5 Å². The average molecular weight is 397 g/mol. The molecule has 1 heterocycles. The number of ether oxygens (including phenoxy) is 3. The number of benzene rings is 2. The molecule has 0 atom stereocenters. The van der Waals surface area contributed by atoms with E-state index in [1.807, 2.05) is 68.2 Å². The van der Waals surface area contributed by atoms with Gasteiger partial charge in [-0.2, -0.15) is 0 Å². The molecule has 29 heavy (non-hydrogen) atoms. The van der Waals surface area contributed by atoms with Gasteiger partial charge in [0.05, 0.1) is 19.7 Å². The van der Waals surface area contributed by atoms with Crippen molar-refractivity contribution < 1.29 is 19.0 Å². The number of rotatable bonds is 8. The summed E-state index contributed by atoms with van der Waals surface area (Å²) in [5, 5.41) is 3.84. The molecule has 0 spiro atoms. The molecule has 0 aliphatic carbocycles. The number of methoxy groups -OCH3 is 2. The third-order valence-corrected chi connectivity index (χ3v) is 4.70. The SMILES string of the molecule is COc1cc2cc(C(=O)Nc3ccc(OCCN(C)C)cc3)n(C)c2cc1OC. The molecule has 3 aromatic rings. The number of nitrogens with zero attached hydrogens (tertiary/aromatic N) is 2. The number of aromatic nitrogens is 1. The van der Waals surface area contributed by atoms with Gasteiger partial charge in [-0.15, -0.1) is 0 Å². The largest absolute Gasteiger partial charge is 0.493 e. The van der Waals surface area contributed by atoms with Crippen molar-refractivity contribution in [3.8, 4) is 17.2 Å². The number of likely N-dealkylation sites (N-methyl/N-ethyl adjacent to an activating group) is 1. The van der Waals surface area contributed by atoms with Gasteiger partial charge in [0.15, 0.2) is 11.5 Å². The molecule has 7 heteroatoms. The zero-order chi connectivity index (χ0) is 21.0. The van der Waals surface area contributed by atoms with Crippen LogP contribution in [0.1, 0.15) is 10.5 Å². The fraction of sp³-hybridized carbons (Fsp3) is 0.318. The van der Waals surface area contributed by atoms with E-state index in [9.17, 15) is 4.79 Å². The van der Waals surface area contributed by atoms with Crippen LogP contribution in [0.4, 0.5) is 5.69 Å². The van der Waals surface area contributed by atoms with E-state index in [0.717, 1.165) is 23.2 Å². The molecule has 7 nitrogen and oxygen atoms in total. The van der Waals surface area contributed by atoms with Gasteiger partial charge in [-0.25, -0.2) is 0 Å². The van der Waals surface area contributed by atoms with Crippen LogP contribution in [0.25, 0.3) is 10.9 Å². The minimum atomic E-state index is -0.192. The number of aryl methyl sites for hydroxylation is 1. The lowest BCUT2D eigenvalue weighted by Crippen LogP contribution is -2.19. The molecule has 0 radical (unpaired) electrons. The fourth-order valence-corrected chi connectivity index (χ4v) is 3.06. The van der Waals surface area contributed by atoms with Gasteiger partial charge in [0.2, 0.25) is 0 Å². The number of carbonyl (C=O) groups is 1. The molecule has 0 fully saturated rings. The van der Waals surface area contributed by atoms with Crippen LogP contribution in [-0.2, 0) is 7.05 Å². The van der Waals surface area contributed by atoms with Crippen molar-refractivity contribution in [2.24, 2.45) is 7.05 Å². The normalized spacial score (nSPS) is 11.0. The summed E-state index contributed by atoms with van der Waals surface area (Å²) in [4.78, 5) is 14.9. The predicted molar refractivity (Wildman–Crippen MR) is 114 cm³/mol. The van der Waals surface area contributed by atoms with Gasteiger partial charge in [-0.05, 0) is 50.5 Å². The smallest absolute Gasteiger partial charge is 0.272 e. The van der Waals surface area contributed by atoms with Crippen molar-refractivity contribution in [2.45, 2.75) is 0 Å². The molecule has 0 aliphatic heterocycles. The van der Waals surface area contributed by atoms with Gasteiger partial charge in [0, 0.05) is 30.7 Å². The summed E-state index contributed by atoms with van der Waals surface area (Å²) in [6.07, 6.45) is 0. The van der Waals surface area contributed by atoms with Gasteiger partial charge < -0.3 is 29.0 Å². The summed E-state index contributed by atoms with van der Waals surface area (Å²) < 4.78 is 18.2. The number of hydrogen-bond donors (Lipinski definition) is 1. The third kappa shape index (κ3) is 4.63. The Bertz CT molecular complexity index is 993. The second-order valence-corrected chi connectivity index (χ2v) is 6.98. The van der Waals surface area contributed by atoms with E-state index in [4.69, 9.17) is 14.2 Å². The predicted octanol–water partition coefficient (Wildman–Crippen LogP) is 3.39. The molecule has 0 saturated carbocycles. The van der Waals surface area contributed by atoms with Crippen LogP contribution >= 0.6 is 0 Å². The monoisotopic (exact) mass is 397 g/mol. The maximum absolute atomic E-state index is 12.8. The Morgan fingerprint density at radius 3 is 2.31 bits per heavy atom. The highest BCUT2D eigenvalue weighted by atomic mass is 16.5. The number of anilines is 1. The molecule has 1 aromatic heterocycles. The molecule has 0 saturated heterocycles. The molecule has 3 rings (SSSR count). The van der Waals surface area contributed by atoms with E-state index in [-0.39, 0.29) is 5.91 Å². The zero-order valence-corrected chi connectivity index (χ0v) is 17.5. The quantitative estimate of drug-likeness (QED) is 0.631. The summed E-state index contributed by atoms with van der Waals surface area (Å²) in [6, 6.07) is 12.9. The Morgan fingerprint density at radius 1 is 1.03 bits per heavy atom. The molecule has 2 aromatic carbocycles. The van der Waals surface area contributed by atoms with E-state index in [2.05, 4.69) is 10.2 Å². The van der Waals surface area contributed by atoms with Crippen LogP contribution in [0.3, 0.4) is 0 Å². The first-order valence-electron chi connectivity index (χ1n) is 9.33. The van der Waals surface area contributed by atoms with E-state index >= 15 is 0 Å². The summed E-state index contributed by atoms with van der Waals surface area (Å²) >= 11 is 0. The van der Waals surface area contributed by atoms with Crippen LogP contribution in [0.5, 0.6) is 17.2 Å². The van der Waals surface area contributed by atoms with Crippen molar-refractivity contribution in [2.75, 3.05) is 46.8 Å². The molecule has 0 unspecified atom stereocenters. The molecule has 1 N–H and O–H groups in total. The number of carbonyl (C=O) groups excluding carboxylic acids is 1. The van der Waals surface area contributed by atoms with E-state index < -0.39 is 0 Å². The Kier molecular flexibility index (Phi) is 6.29. The summed E-state index contributed by atoms with van der Waals surface area (Å²) in [6.45, 7) is 1.46. The van der Waals surface area contributed by atoms with Crippen LogP contribution < -0.4 is 19.5 Å². The van der Waals surface area contributed by atoms with Crippen LogP contribution in [-0.4, -0.2) is 56.8 Å². The molecule has 154 valence electrons. The van der Waals surface area contributed by atoms with E-state index in [0.29, 0.717) is 29.5 Å². The minimum absolute atomic E-state index is 0.192. The Hall–Kier alpha value is -3.19. The van der Waals surface area contributed by atoms with Crippen LogP contribution in [0.2, 0.25) is 0 Å². The highest BCUT2D eigenvalue weighted by molar-refractivity contribution is 6.06.